The van der Waals surface area contributed by atoms with Crippen molar-refractivity contribution in [2.45, 2.75) is 9.79 Å². The van der Waals surface area contributed by atoms with Crippen LogP contribution in [0.15, 0.2) is 52.3 Å². The number of thioether (sulfide) groups is 1. The second-order valence-corrected chi connectivity index (χ2v) is 10.8. The Morgan fingerprint density at radius 3 is 2.55 bits per heavy atom. The molecule has 29 heavy (non-hydrogen) atoms. The summed E-state index contributed by atoms with van der Waals surface area (Å²) in [6.45, 7) is 2.56. The molecule has 0 unspecified atom stereocenters. The van der Waals surface area contributed by atoms with Crippen molar-refractivity contribution in [3.8, 4) is 0 Å². The molecule has 3 aromatic rings. The van der Waals surface area contributed by atoms with Gasteiger partial charge in [-0.3, -0.25) is 4.79 Å². The number of nitrogens with zero attached hydrogens (tertiary/aromatic N) is 3. The summed E-state index contributed by atoms with van der Waals surface area (Å²) >= 11 is 3.39. The number of carbonyl (C=O) groups excluding carboxylic acids is 1. The summed E-state index contributed by atoms with van der Waals surface area (Å²) in [5.74, 6) is -0.135. The minimum atomic E-state index is -3.34. The van der Waals surface area contributed by atoms with Gasteiger partial charge >= 0.3 is 0 Å². The highest BCUT2D eigenvalue weighted by Gasteiger charge is 2.24. The summed E-state index contributed by atoms with van der Waals surface area (Å²) in [5, 5.41) is 0.976. The smallest absolute Gasteiger partial charge is 0.254 e. The lowest BCUT2D eigenvalue weighted by Gasteiger charge is -2.34. The van der Waals surface area contributed by atoms with E-state index in [0.29, 0.717) is 31.7 Å². The lowest BCUT2D eigenvalue weighted by Crippen LogP contribution is -2.48. The van der Waals surface area contributed by atoms with Crippen molar-refractivity contribution in [3.05, 3.63) is 48.0 Å². The normalized spacial score (nSPS) is 15.1. The van der Waals surface area contributed by atoms with Gasteiger partial charge in [0, 0.05) is 42.9 Å². The number of piperazine rings is 1. The number of anilines is 1. The molecule has 0 saturated carbocycles. The van der Waals surface area contributed by atoms with E-state index < -0.39 is 9.84 Å². The van der Waals surface area contributed by atoms with Crippen LogP contribution in [0.5, 0.6) is 0 Å². The van der Waals surface area contributed by atoms with Crippen LogP contribution in [-0.2, 0) is 9.84 Å². The average Bonchev–Trinajstić information content (AvgIpc) is 3.16. The number of benzene rings is 2. The van der Waals surface area contributed by atoms with Gasteiger partial charge in [0.2, 0.25) is 0 Å². The van der Waals surface area contributed by atoms with Crippen LogP contribution in [0.4, 0.5) is 5.13 Å². The van der Waals surface area contributed by atoms with Crippen LogP contribution < -0.4 is 4.90 Å². The maximum atomic E-state index is 12.8. The van der Waals surface area contributed by atoms with E-state index in [1.807, 2.05) is 0 Å². The van der Waals surface area contributed by atoms with Gasteiger partial charge < -0.3 is 9.80 Å². The van der Waals surface area contributed by atoms with Gasteiger partial charge in [-0.05, 0) is 42.7 Å². The number of fused-ring (bicyclic) bond motifs is 1. The molecule has 1 fully saturated rings. The fourth-order valence-corrected chi connectivity index (χ4v) is 5.54. The highest BCUT2D eigenvalue weighted by atomic mass is 32.2. The summed E-state index contributed by atoms with van der Waals surface area (Å²) in [7, 11) is -3.34. The molecule has 0 atom stereocenters. The Morgan fingerprint density at radius 2 is 1.86 bits per heavy atom. The monoisotopic (exact) mass is 447 g/mol. The van der Waals surface area contributed by atoms with Gasteiger partial charge in [0.15, 0.2) is 15.0 Å². The number of amides is 1. The molecule has 1 aromatic heterocycles. The molecule has 1 aliphatic heterocycles. The van der Waals surface area contributed by atoms with E-state index in [9.17, 15) is 13.2 Å². The predicted octanol–water partition coefficient (Wildman–Crippen LogP) is 3.38. The number of rotatable bonds is 4. The molecule has 0 N–H and O–H groups in total. The van der Waals surface area contributed by atoms with Crippen LogP contribution in [0.2, 0.25) is 0 Å². The lowest BCUT2D eigenvalue weighted by atomic mass is 10.2. The summed E-state index contributed by atoms with van der Waals surface area (Å²) in [4.78, 5) is 22.9. The standard InChI is InChI=1S/C20H21N3O3S3/c1-27-15-6-7-17-18(13-15)28-20(21-17)23-10-8-22(9-11-23)19(24)14-4-3-5-16(12-14)29(2,25)26/h3-7,12-13H,8-11H2,1-2H3. The minimum Gasteiger partial charge on any atom is -0.345 e. The van der Waals surface area contributed by atoms with E-state index in [1.165, 1.54) is 21.7 Å². The molecule has 2 heterocycles. The minimum absolute atomic E-state index is 0.135. The summed E-state index contributed by atoms with van der Waals surface area (Å²) in [6, 6.07) is 12.5. The van der Waals surface area contributed by atoms with Gasteiger partial charge in [0.05, 0.1) is 15.1 Å². The van der Waals surface area contributed by atoms with Gasteiger partial charge in [-0.1, -0.05) is 17.4 Å². The van der Waals surface area contributed by atoms with E-state index in [0.717, 1.165) is 16.9 Å². The molecule has 0 bridgehead atoms. The molecule has 1 aliphatic rings. The van der Waals surface area contributed by atoms with Gasteiger partial charge in [0.25, 0.3) is 5.91 Å². The first-order chi connectivity index (χ1) is 13.8. The Hall–Kier alpha value is -2.10. The van der Waals surface area contributed by atoms with E-state index in [1.54, 1.807) is 40.1 Å². The van der Waals surface area contributed by atoms with Gasteiger partial charge in [-0.15, -0.1) is 11.8 Å². The zero-order valence-corrected chi connectivity index (χ0v) is 18.6. The molecule has 1 amide bonds. The molecule has 0 radical (unpaired) electrons. The Balaban J connectivity index is 1.46. The van der Waals surface area contributed by atoms with Crippen LogP contribution in [0.3, 0.4) is 0 Å². The Kier molecular flexibility index (Phi) is 5.54. The lowest BCUT2D eigenvalue weighted by molar-refractivity contribution is 0.0746. The average molecular weight is 448 g/mol. The number of thiazole rings is 1. The number of aromatic nitrogens is 1. The molecule has 6 nitrogen and oxygen atoms in total. The van der Waals surface area contributed by atoms with E-state index >= 15 is 0 Å². The molecule has 0 aliphatic carbocycles. The number of hydrogen-bond acceptors (Lipinski definition) is 7. The maximum absolute atomic E-state index is 12.8. The molecular weight excluding hydrogens is 426 g/mol. The highest BCUT2D eigenvalue weighted by molar-refractivity contribution is 7.98. The van der Waals surface area contributed by atoms with Crippen LogP contribution in [0.1, 0.15) is 10.4 Å². The Bertz CT molecular complexity index is 1170. The van der Waals surface area contributed by atoms with Gasteiger partial charge in [0.1, 0.15) is 0 Å². The van der Waals surface area contributed by atoms with Crippen molar-refractivity contribution in [1.29, 1.82) is 0 Å². The fourth-order valence-electron chi connectivity index (χ4n) is 3.30. The second kappa shape index (κ2) is 7.97. The molecule has 0 spiro atoms. The van der Waals surface area contributed by atoms with Crippen molar-refractivity contribution in [2.24, 2.45) is 0 Å². The Morgan fingerprint density at radius 1 is 1.10 bits per heavy atom. The van der Waals surface area contributed by atoms with Crippen LogP contribution in [-0.4, -0.2) is 62.9 Å². The van der Waals surface area contributed by atoms with Crippen molar-refractivity contribution < 1.29 is 13.2 Å². The summed E-state index contributed by atoms with van der Waals surface area (Å²) in [6.07, 6.45) is 3.21. The highest BCUT2D eigenvalue weighted by Crippen LogP contribution is 2.32. The first-order valence-corrected chi connectivity index (χ1v) is 13.1. The van der Waals surface area contributed by atoms with Gasteiger partial charge in [-0.2, -0.15) is 0 Å². The van der Waals surface area contributed by atoms with E-state index in [2.05, 4.69) is 29.4 Å². The number of sulfone groups is 1. The third kappa shape index (κ3) is 4.26. The first-order valence-electron chi connectivity index (χ1n) is 9.14. The van der Waals surface area contributed by atoms with E-state index in [-0.39, 0.29) is 10.8 Å². The quantitative estimate of drug-likeness (QED) is 0.571. The molecule has 9 heteroatoms. The number of hydrogen-bond donors (Lipinski definition) is 0. The molecule has 152 valence electrons. The zero-order valence-electron chi connectivity index (χ0n) is 16.2. The molecule has 1 saturated heterocycles. The van der Waals surface area contributed by atoms with Crippen LogP contribution in [0, 0.1) is 0 Å². The Labute approximate surface area is 178 Å². The second-order valence-electron chi connectivity index (χ2n) is 6.91. The third-order valence-electron chi connectivity index (χ3n) is 4.93. The molecular formula is C20H21N3O3S3. The van der Waals surface area contributed by atoms with Crippen molar-refractivity contribution in [1.82, 2.24) is 9.88 Å². The van der Waals surface area contributed by atoms with Crippen molar-refractivity contribution in [2.75, 3.05) is 43.6 Å². The van der Waals surface area contributed by atoms with Crippen molar-refractivity contribution in [3.63, 3.8) is 0 Å². The fraction of sp³-hybridized carbons (Fsp3) is 0.300. The largest absolute Gasteiger partial charge is 0.345 e. The summed E-state index contributed by atoms with van der Waals surface area (Å²) < 4.78 is 24.7. The SMILES string of the molecule is CSc1ccc2nc(N3CCN(C(=O)c4cccc(S(C)(=O)=O)c4)CC3)sc2c1. The van der Waals surface area contributed by atoms with Crippen LogP contribution >= 0.6 is 23.1 Å². The third-order valence-corrected chi connectivity index (χ3v) is 7.85. The van der Waals surface area contributed by atoms with Crippen molar-refractivity contribution >= 4 is 54.2 Å². The predicted molar refractivity (Wildman–Crippen MR) is 119 cm³/mol. The molecule has 2 aromatic carbocycles. The maximum Gasteiger partial charge on any atom is 0.254 e. The van der Waals surface area contributed by atoms with E-state index in [4.69, 9.17) is 4.98 Å². The van der Waals surface area contributed by atoms with Gasteiger partial charge in [-0.25, -0.2) is 13.4 Å². The number of carbonyl (C=O) groups is 1. The molecule has 4 rings (SSSR count). The summed E-state index contributed by atoms with van der Waals surface area (Å²) in [5.41, 5.74) is 1.41. The topological polar surface area (TPSA) is 70.6 Å². The first kappa shape index (κ1) is 20.2. The van der Waals surface area contributed by atoms with Crippen LogP contribution in [0.25, 0.3) is 10.2 Å². The zero-order chi connectivity index (χ0) is 20.6.